The molecule has 0 radical (unpaired) electrons. The summed E-state index contributed by atoms with van der Waals surface area (Å²) in [5.74, 6) is 1.20. The van der Waals surface area contributed by atoms with Gasteiger partial charge in [-0.05, 0) is 25.0 Å². The van der Waals surface area contributed by atoms with Gasteiger partial charge in [0.15, 0.2) is 0 Å². The molecule has 1 atom stereocenters. The molecule has 3 heteroatoms. The third-order valence-corrected chi connectivity index (χ3v) is 3.21. The second kappa shape index (κ2) is 4.72. The lowest BCUT2D eigenvalue weighted by molar-refractivity contribution is 0.695. The Hall–Kier alpha value is -1.61. The lowest BCUT2D eigenvalue weighted by atomic mass is 9.93. The molecule has 0 bridgehead atoms. The first kappa shape index (κ1) is 11.9. The molecule has 0 aliphatic carbocycles. The number of nitrogens with zero attached hydrogens (tertiary/aromatic N) is 2. The van der Waals surface area contributed by atoms with Gasteiger partial charge in [-0.3, -0.25) is 0 Å². The molecular weight excluding hydrogens is 210 g/mol. The molecule has 0 amide bonds. The van der Waals surface area contributed by atoms with Gasteiger partial charge in [0.1, 0.15) is 5.82 Å². The molecule has 1 aromatic heterocycles. The molecule has 0 saturated carbocycles. The number of imidazole rings is 1. The number of benzene rings is 1. The SMILES string of the molecule is Cc1ccc(C(CN)c2nccn2C)c(C)c1. The maximum absolute atomic E-state index is 5.92. The van der Waals surface area contributed by atoms with E-state index in [0.717, 1.165) is 5.82 Å². The third kappa shape index (κ3) is 2.24. The van der Waals surface area contributed by atoms with Crippen molar-refractivity contribution in [3.05, 3.63) is 53.1 Å². The molecule has 3 nitrogen and oxygen atoms in total. The maximum atomic E-state index is 5.92. The number of rotatable bonds is 3. The molecule has 0 aliphatic heterocycles. The number of hydrogen-bond acceptors (Lipinski definition) is 2. The van der Waals surface area contributed by atoms with Crippen LogP contribution in [0.5, 0.6) is 0 Å². The summed E-state index contributed by atoms with van der Waals surface area (Å²) in [5.41, 5.74) is 9.75. The van der Waals surface area contributed by atoms with Gasteiger partial charge in [-0.2, -0.15) is 0 Å². The van der Waals surface area contributed by atoms with Crippen molar-refractivity contribution in [2.45, 2.75) is 19.8 Å². The van der Waals surface area contributed by atoms with Crippen LogP contribution in [-0.2, 0) is 7.05 Å². The van der Waals surface area contributed by atoms with Gasteiger partial charge in [0, 0.05) is 26.0 Å². The van der Waals surface area contributed by atoms with E-state index in [-0.39, 0.29) is 5.92 Å². The Labute approximate surface area is 102 Å². The lowest BCUT2D eigenvalue weighted by Gasteiger charge is -2.18. The van der Waals surface area contributed by atoms with Gasteiger partial charge in [-0.25, -0.2) is 4.98 Å². The summed E-state index contributed by atoms with van der Waals surface area (Å²) < 4.78 is 2.04. The van der Waals surface area contributed by atoms with Gasteiger partial charge >= 0.3 is 0 Å². The first-order valence-electron chi connectivity index (χ1n) is 5.88. The van der Waals surface area contributed by atoms with Gasteiger partial charge in [0.25, 0.3) is 0 Å². The fraction of sp³-hybridized carbons (Fsp3) is 0.357. The highest BCUT2D eigenvalue weighted by Crippen LogP contribution is 2.25. The fourth-order valence-electron chi connectivity index (χ4n) is 2.30. The van der Waals surface area contributed by atoms with Crippen molar-refractivity contribution in [3.8, 4) is 0 Å². The minimum atomic E-state index is 0.176. The van der Waals surface area contributed by atoms with Crippen molar-refractivity contribution in [2.75, 3.05) is 6.54 Å². The molecule has 0 fully saturated rings. The van der Waals surface area contributed by atoms with E-state index in [4.69, 9.17) is 5.73 Å². The van der Waals surface area contributed by atoms with Gasteiger partial charge in [-0.15, -0.1) is 0 Å². The van der Waals surface area contributed by atoms with E-state index in [1.165, 1.54) is 16.7 Å². The minimum Gasteiger partial charge on any atom is -0.337 e. The predicted molar refractivity (Wildman–Crippen MR) is 70.0 cm³/mol. The Morgan fingerprint density at radius 1 is 1.35 bits per heavy atom. The van der Waals surface area contributed by atoms with Crippen molar-refractivity contribution in [1.82, 2.24) is 9.55 Å². The highest BCUT2D eigenvalue weighted by Gasteiger charge is 2.18. The van der Waals surface area contributed by atoms with Crippen LogP contribution in [0.4, 0.5) is 0 Å². The van der Waals surface area contributed by atoms with Crippen molar-refractivity contribution in [2.24, 2.45) is 12.8 Å². The maximum Gasteiger partial charge on any atom is 0.117 e. The summed E-state index contributed by atoms with van der Waals surface area (Å²) >= 11 is 0. The molecular formula is C14H19N3. The Balaban J connectivity index is 2.46. The Bertz CT molecular complexity index is 514. The van der Waals surface area contributed by atoms with E-state index in [1.54, 1.807) is 0 Å². The van der Waals surface area contributed by atoms with Gasteiger partial charge in [0.2, 0.25) is 0 Å². The Morgan fingerprint density at radius 3 is 2.65 bits per heavy atom. The highest BCUT2D eigenvalue weighted by atomic mass is 15.0. The van der Waals surface area contributed by atoms with E-state index in [0.29, 0.717) is 6.54 Å². The van der Waals surface area contributed by atoms with Crippen LogP contribution in [0.2, 0.25) is 0 Å². The molecule has 1 heterocycles. The average molecular weight is 229 g/mol. The number of hydrogen-bond donors (Lipinski definition) is 1. The van der Waals surface area contributed by atoms with Crippen LogP contribution in [0.25, 0.3) is 0 Å². The van der Waals surface area contributed by atoms with E-state index < -0.39 is 0 Å². The second-order valence-electron chi connectivity index (χ2n) is 4.54. The van der Waals surface area contributed by atoms with E-state index in [1.807, 2.05) is 24.0 Å². The van der Waals surface area contributed by atoms with E-state index >= 15 is 0 Å². The molecule has 0 aliphatic rings. The summed E-state index contributed by atoms with van der Waals surface area (Å²) in [4.78, 5) is 4.41. The predicted octanol–water partition coefficient (Wildman–Crippen LogP) is 2.13. The van der Waals surface area contributed by atoms with Crippen molar-refractivity contribution < 1.29 is 0 Å². The van der Waals surface area contributed by atoms with E-state index in [2.05, 4.69) is 37.0 Å². The summed E-state index contributed by atoms with van der Waals surface area (Å²) in [5, 5.41) is 0. The molecule has 90 valence electrons. The molecule has 17 heavy (non-hydrogen) atoms. The monoisotopic (exact) mass is 229 g/mol. The standard InChI is InChI=1S/C14H19N3/c1-10-4-5-12(11(2)8-10)13(9-15)14-16-6-7-17(14)3/h4-8,13H,9,15H2,1-3H3. The zero-order valence-electron chi connectivity index (χ0n) is 10.6. The van der Waals surface area contributed by atoms with E-state index in [9.17, 15) is 0 Å². The van der Waals surface area contributed by atoms with Crippen LogP contribution in [0, 0.1) is 13.8 Å². The number of aryl methyl sites for hydroxylation is 3. The normalized spacial score (nSPS) is 12.7. The smallest absolute Gasteiger partial charge is 0.117 e. The van der Waals surface area contributed by atoms with Gasteiger partial charge < -0.3 is 10.3 Å². The largest absolute Gasteiger partial charge is 0.337 e. The van der Waals surface area contributed by atoms with Crippen LogP contribution in [0.1, 0.15) is 28.4 Å². The van der Waals surface area contributed by atoms with Crippen LogP contribution in [-0.4, -0.2) is 16.1 Å². The topological polar surface area (TPSA) is 43.8 Å². The molecule has 1 unspecified atom stereocenters. The van der Waals surface area contributed by atoms with Crippen LogP contribution in [0.3, 0.4) is 0 Å². The number of aromatic nitrogens is 2. The number of nitrogens with two attached hydrogens (primary N) is 1. The first-order valence-corrected chi connectivity index (χ1v) is 5.88. The lowest BCUT2D eigenvalue weighted by Crippen LogP contribution is -2.18. The van der Waals surface area contributed by atoms with Gasteiger partial charge in [0.05, 0.1) is 5.92 Å². The van der Waals surface area contributed by atoms with Crippen molar-refractivity contribution in [1.29, 1.82) is 0 Å². The molecule has 0 saturated heterocycles. The fourth-order valence-corrected chi connectivity index (χ4v) is 2.30. The van der Waals surface area contributed by atoms with Crippen LogP contribution >= 0.6 is 0 Å². The van der Waals surface area contributed by atoms with Crippen LogP contribution in [0.15, 0.2) is 30.6 Å². The Kier molecular flexibility index (Phi) is 3.29. The molecule has 1 aromatic carbocycles. The summed E-state index contributed by atoms with van der Waals surface area (Å²) in [6, 6.07) is 6.49. The zero-order chi connectivity index (χ0) is 12.4. The minimum absolute atomic E-state index is 0.176. The third-order valence-electron chi connectivity index (χ3n) is 3.21. The summed E-state index contributed by atoms with van der Waals surface area (Å²) in [6.45, 7) is 4.82. The molecule has 2 aromatic rings. The Morgan fingerprint density at radius 2 is 2.12 bits per heavy atom. The summed E-state index contributed by atoms with van der Waals surface area (Å²) in [7, 11) is 2.01. The van der Waals surface area contributed by atoms with Gasteiger partial charge in [-0.1, -0.05) is 23.8 Å². The first-order chi connectivity index (χ1) is 8.13. The molecule has 0 spiro atoms. The zero-order valence-corrected chi connectivity index (χ0v) is 10.6. The average Bonchev–Trinajstić information content (AvgIpc) is 2.69. The quantitative estimate of drug-likeness (QED) is 0.876. The highest BCUT2D eigenvalue weighted by molar-refractivity contribution is 5.36. The molecule has 2 rings (SSSR count). The second-order valence-corrected chi connectivity index (χ2v) is 4.54. The summed E-state index contributed by atoms with van der Waals surface area (Å²) in [6.07, 6.45) is 3.78. The van der Waals surface area contributed by atoms with Crippen molar-refractivity contribution in [3.63, 3.8) is 0 Å². The van der Waals surface area contributed by atoms with Crippen molar-refractivity contribution >= 4 is 0 Å². The molecule has 2 N–H and O–H groups in total. The van der Waals surface area contributed by atoms with Crippen LogP contribution < -0.4 is 5.73 Å².